The van der Waals surface area contributed by atoms with Crippen LogP contribution in [0.1, 0.15) is 12.7 Å². The van der Waals surface area contributed by atoms with E-state index < -0.39 is 0 Å². The maximum atomic E-state index is 5.03. The molecule has 0 unspecified atom stereocenters. The topological polar surface area (TPSA) is 34.7 Å². The van der Waals surface area contributed by atoms with Crippen LogP contribution in [0.2, 0.25) is 0 Å². The van der Waals surface area contributed by atoms with E-state index in [-0.39, 0.29) is 0 Å². The zero-order valence-electron chi connectivity index (χ0n) is 6.08. The molecule has 0 amide bonds. The number of hydrogen-bond donors (Lipinski definition) is 0. The van der Waals surface area contributed by atoms with Crippen molar-refractivity contribution in [2.24, 2.45) is 5.16 Å². The predicted molar refractivity (Wildman–Crippen MR) is 45.6 cm³/mol. The molecule has 1 heterocycles. The van der Waals surface area contributed by atoms with E-state index in [1.165, 1.54) is 6.21 Å². The Morgan fingerprint density at radius 3 is 3.18 bits per heavy atom. The van der Waals surface area contributed by atoms with Crippen LogP contribution in [0, 0.1) is 0 Å². The Balaban J connectivity index is 2.50. The molecule has 1 aromatic rings. The second kappa shape index (κ2) is 4.18. The zero-order chi connectivity index (χ0) is 8.10. The molecule has 1 aromatic heterocycles. The van der Waals surface area contributed by atoms with Gasteiger partial charge in [0.1, 0.15) is 24.8 Å². The third kappa shape index (κ3) is 2.76. The maximum absolute atomic E-state index is 5.03. The second-order valence-electron chi connectivity index (χ2n) is 1.82. The van der Waals surface area contributed by atoms with Crippen molar-refractivity contribution in [2.75, 3.05) is 6.61 Å². The van der Waals surface area contributed by atoms with Gasteiger partial charge in [-0.2, -0.15) is 0 Å². The van der Waals surface area contributed by atoms with Crippen molar-refractivity contribution in [1.82, 2.24) is 0 Å². The van der Waals surface area contributed by atoms with Crippen molar-refractivity contribution in [2.45, 2.75) is 6.92 Å². The Morgan fingerprint density at radius 1 is 1.82 bits per heavy atom. The van der Waals surface area contributed by atoms with Crippen LogP contribution in [-0.4, -0.2) is 12.8 Å². The molecule has 0 bridgehead atoms. The maximum Gasteiger partial charge on any atom is 0.149 e. The van der Waals surface area contributed by atoms with Gasteiger partial charge in [-0.05, 0) is 28.9 Å². The van der Waals surface area contributed by atoms with E-state index in [0.29, 0.717) is 12.4 Å². The monoisotopic (exact) mass is 217 g/mol. The summed E-state index contributed by atoms with van der Waals surface area (Å²) in [6.45, 7) is 2.44. The molecule has 1 rings (SSSR count). The summed E-state index contributed by atoms with van der Waals surface area (Å²) < 4.78 is 5.93. The smallest absolute Gasteiger partial charge is 0.149 e. The molecule has 0 aliphatic heterocycles. The molecule has 4 heteroatoms. The van der Waals surface area contributed by atoms with Crippen LogP contribution in [-0.2, 0) is 4.84 Å². The van der Waals surface area contributed by atoms with Gasteiger partial charge >= 0.3 is 0 Å². The van der Waals surface area contributed by atoms with E-state index in [0.717, 1.165) is 4.47 Å². The van der Waals surface area contributed by atoms with Crippen LogP contribution in [0.25, 0.3) is 0 Å². The molecule has 0 aromatic carbocycles. The van der Waals surface area contributed by atoms with E-state index in [1.807, 2.05) is 13.0 Å². The Labute approximate surface area is 73.2 Å². The lowest BCUT2D eigenvalue weighted by atomic mass is 10.5. The molecule has 0 aliphatic carbocycles. The molecule has 60 valence electrons. The summed E-state index contributed by atoms with van der Waals surface area (Å²) >= 11 is 3.24. The molecule has 0 radical (unpaired) electrons. The molecular formula is C7H8BrNO2. The summed E-state index contributed by atoms with van der Waals surface area (Å²) in [6, 6.07) is 1.81. The van der Waals surface area contributed by atoms with Gasteiger partial charge in [-0.15, -0.1) is 0 Å². The van der Waals surface area contributed by atoms with Gasteiger partial charge in [0.2, 0.25) is 0 Å². The fraction of sp³-hybridized carbons (Fsp3) is 0.286. The standard InChI is InChI=1S/C7H8BrNO2/c1-2-11-9-4-7-3-6(8)5-10-7/h3-5H,2H2,1H3/b9-4+. The van der Waals surface area contributed by atoms with Crippen molar-refractivity contribution in [3.63, 3.8) is 0 Å². The molecule has 0 saturated carbocycles. The van der Waals surface area contributed by atoms with Gasteiger partial charge in [0.15, 0.2) is 0 Å². The largest absolute Gasteiger partial charge is 0.462 e. The average Bonchev–Trinajstić information content (AvgIpc) is 2.37. The normalized spacial score (nSPS) is 10.7. The van der Waals surface area contributed by atoms with Crippen LogP contribution in [0.5, 0.6) is 0 Å². The SMILES string of the molecule is CCO/N=C/c1cc(Br)co1. The highest BCUT2D eigenvalue weighted by atomic mass is 79.9. The number of nitrogens with zero attached hydrogens (tertiary/aromatic N) is 1. The van der Waals surface area contributed by atoms with Gasteiger partial charge in [-0.3, -0.25) is 0 Å². The Kier molecular flexibility index (Phi) is 3.16. The molecule has 0 spiro atoms. The minimum Gasteiger partial charge on any atom is -0.462 e. The molecule has 0 saturated heterocycles. The molecule has 3 nitrogen and oxygen atoms in total. The molecule has 0 atom stereocenters. The summed E-state index contributed by atoms with van der Waals surface area (Å²) in [5.41, 5.74) is 0. The van der Waals surface area contributed by atoms with Crippen molar-refractivity contribution < 1.29 is 9.25 Å². The minimum atomic E-state index is 0.568. The van der Waals surface area contributed by atoms with Gasteiger partial charge in [0, 0.05) is 0 Å². The summed E-state index contributed by atoms with van der Waals surface area (Å²) in [5.74, 6) is 0.672. The first-order chi connectivity index (χ1) is 5.33. The number of halogens is 1. The molecule has 11 heavy (non-hydrogen) atoms. The molecule has 0 fully saturated rings. The van der Waals surface area contributed by atoms with Gasteiger partial charge in [-0.1, -0.05) is 5.16 Å². The number of rotatable bonds is 3. The molecule has 0 N–H and O–H groups in total. The summed E-state index contributed by atoms with van der Waals surface area (Å²) in [5, 5.41) is 3.63. The van der Waals surface area contributed by atoms with Gasteiger partial charge in [0.05, 0.1) is 4.47 Å². The van der Waals surface area contributed by atoms with Gasteiger partial charge in [0.25, 0.3) is 0 Å². The first-order valence-corrected chi connectivity index (χ1v) is 4.01. The highest BCUT2D eigenvalue weighted by Crippen LogP contribution is 2.11. The van der Waals surface area contributed by atoms with Crippen LogP contribution < -0.4 is 0 Å². The van der Waals surface area contributed by atoms with Crippen LogP contribution in [0.15, 0.2) is 26.4 Å². The average molecular weight is 218 g/mol. The predicted octanol–water partition coefficient (Wildman–Crippen LogP) is 2.41. The fourth-order valence-corrected chi connectivity index (χ4v) is 0.879. The number of oxime groups is 1. The van der Waals surface area contributed by atoms with Crippen LogP contribution >= 0.6 is 15.9 Å². The van der Waals surface area contributed by atoms with E-state index in [4.69, 9.17) is 9.25 Å². The van der Waals surface area contributed by atoms with E-state index >= 15 is 0 Å². The highest BCUT2D eigenvalue weighted by molar-refractivity contribution is 9.10. The molecule has 0 aliphatic rings. The summed E-state index contributed by atoms with van der Waals surface area (Å²) in [7, 11) is 0. The van der Waals surface area contributed by atoms with E-state index in [9.17, 15) is 0 Å². The van der Waals surface area contributed by atoms with Crippen LogP contribution in [0.3, 0.4) is 0 Å². The van der Waals surface area contributed by atoms with E-state index in [1.54, 1.807) is 6.26 Å². The first kappa shape index (κ1) is 8.33. The number of furan rings is 1. The lowest BCUT2D eigenvalue weighted by Crippen LogP contribution is -1.80. The number of hydrogen-bond acceptors (Lipinski definition) is 3. The van der Waals surface area contributed by atoms with E-state index in [2.05, 4.69) is 21.1 Å². The van der Waals surface area contributed by atoms with Crippen LogP contribution in [0.4, 0.5) is 0 Å². The van der Waals surface area contributed by atoms with Crippen molar-refractivity contribution >= 4 is 22.1 Å². The second-order valence-corrected chi connectivity index (χ2v) is 2.74. The Bertz CT molecular complexity index is 244. The first-order valence-electron chi connectivity index (χ1n) is 3.22. The highest BCUT2D eigenvalue weighted by Gasteiger charge is 1.93. The minimum absolute atomic E-state index is 0.568. The summed E-state index contributed by atoms with van der Waals surface area (Å²) in [4.78, 5) is 4.74. The zero-order valence-corrected chi connectivity index (χ0v) is 7.67. The van der Waals surface area contributed by atoms with Crippen molar-refractivity contribution in [3.05, 3.63) is 22.6 Å². The lowest BCUT2D eigenvalue weighted by molar-refractivity contribution is 0.160. The fourth-order valence-electron chi connectivity index (χ4n) is 0.560. The van der Waals surface area contributed by atoms with Crippen molar-refractivity contribution in [3.8, 4) is 0 Å². The lowest BCUT2D eigenvalue weighted by Gasteiger charge is -1.87. The van der Waals surface area contributed by atoms with Gasteiger partial charge in [-0.25, -0.2) is 0 Å². The Morgan fingerprint density at radius 2 is 2.64 bits per heavy atom. The van der Waals surface area contributed by atoms with Gasteiger partial charge < -0.3 is 9.25 Å². The van der Waals surface area contributed by atoms with Crippen molar-refractivity contribution in [1.29, 1.82) is 0 Å². The quantitative estimate of drug-likeness (QED) is 0.576. The Hall–Kier alpha value is -0.770. The molecular weight excluding hydrogens is 210 g/mol. The third-order valence-electron chi connectivity index (χ3n) is 0.971. The summed E-state index contributed by atoms with van der Waals surface area (Å²) in [6.07, 6.45) is 3.11. The third-order valence-corrected chi connectivity index (χ3v) is 1.39.